The molecule has 1 aliphatic heterocycles. The zero-order valence-electron chi connectivity index (χ0n) is 13.9. The average molecular weight is 327 g/mol. The smallest absolute Gasteiger partial charge is 0.410 e. The molecule has 1 heterocycles. The monoisotopic (exact) mass is 327 g/mol. The molecular weight excluding hydrogens is 304 g/mol. The second-order valence-corrected chi connectivity index (χ2v) is 7.14. The van der Waals surface area contributed by atoms with E-state index in [2.05, 4.69) is 0 Å². The zero-order chi connectivity index (χ0) is 17.4. The van der Waals surface area contributed by atoms with Gasteiger partial charge in [-0.25, -0.2) is 13.6 Å². The molecule has 0 unspecified atom stereocenters. The summed E-state index contributed by atoms with van der Waals surface area (Å²) in [5.41, 5.74) is -2.12. The third-order valence-corrected chi connectivity index (χ3v) is 3.98. The molecular formula is C17H23F2NO3. The summed E-state index contributed by atoms with van der Waals surface area (Å²) in [6.45, 7) is 7.18. The molecule has 0 aromatic heterocycles. The van der Waals surface area contributed by atoms with Crippen LogP contribution >= 0.6 is 0 Å². The van der Waals surface area contributed by atoms with Gasteiger partial charge in [-0.3, -0.25) is 0 Å². The van der Waals surface area contributed by atoms with Gasteiger partial charge in [-0.05, 0) is 58.2 Å². The summed E-state index contributed by atoms with van der Waals surface area (Å²) in [5.74, 6) is -1.52. The van der Waals surface area contributed by atoms with Gasteiger partial charge in [0.1, 0.15) is 22.8 Å². The van der Waals surface area contributed by atoms with E-state index in [0.29, 0.717) is 19.4 Å². The molecule has 2 rings (SSSR count). The van der Waals surface area contributed by atoms with Crippen LogP contribution in [-0.4, -0.2) is 34.3 Å². The summed E-state index contributed by atoms with van der Waals surface area (Å²) in [6.07, 6.45) is 0.694. The lowest BCUT2D eigenvalue weighted by Crippen LogP contribution is -2.49. The number of rotatable bonds is 2. The molecule has 6 heteroatoms. The number of hydrogen-bond acceptors (Lipinski definition) is 3. The highest BCUT2D eigenvalue weighted by Gasteiger charge is 2.44. The lowest BCUT2D eigenvalue weighted by Gasteiger charge is -2.37. The van der Waals surface area contributed by atoms with Crippen LogP contribution in [0.25, 0.3) is 0 Å². The van der Waals surface area contributed by atoms with Crippen LogP contribution in [-0.2, 0) is 10.3 Å². The number of carbonyl (C=O) groups excluding carboxylic acids is 1. The number of likely N-dealkylation sites (tertiary alicyclic amines) is 1. The fourth-order valence-corrected chi connectivity index (χ4v) is 2.93. The maximum Gasteiger partial charge on any atom is 0.410 e. The first-order valence-corrected chi connectivity index (χ1v) is 7.69. The van der Waals surface area contributed by atoms with Crippen LogP contribution in [0.15, 0.2) is 18.2 Å². The quantitative estimate of drug-likeness (QED) is 0.903. The van der Waals surface area contributed by atoms with Crippen LogP contribution in [0.2, 0.25) is 0 Å². The van der Waals surface area contributed by atoms with Crippen molar-refractivity contribution >= 4 is 6.09 Å². The van der Waals surface area contributed by atoms with Gasteiger partial charge in [0.25, 0.3) is 0 Å². The summed E-state index contributed by atoms with van der Waals surface area (Å²) in [5, 5.41) is 10.9. The Balaban J connectivity index is 2.28. The third kappa shape index (κ3) is 3.99. The largest absolute Gasteiger partial charge is 0.444 e. The summed E-state index contributed by atoms with van der Waals surface area (Å²) < 4.78 is 32.3. The van der Waals surface area contributed by atoms with Gasteiger partial charge >= 0.3 is 6.09 Å². The summed E-state index contributed by atoms with van der Waals surface area (Å²) >= 11 is 0. The number of amides is 1. The van der Waals surface area contributed by atoms with Gasteiger partial charge < -0.3 is 14.7 Å². The molecule has 1 saturated heterocycles. The molecule has 1 aromatic carbocycles. The minimum absolute atomic E-state index is 0.107. The standard InChI is InChI=1S/C17H23F2NO3/c1-16(2,3)23-15(21)20-7-5-6-14(20)17(4,22)11-8-12(18)10-13(19)9-11/h8-10,14,22H,5-7H2,1-4H3/t14-,17+/m0/s1. The summed E-state index contributed by atoms with van der Waals surface area (Å²) in [7, 11) is 0. The van der Waals surface area contributed by atoms with Crippen molar-refractivity contribution < 1.29 is 23.4 Å². The maximum atomic E-state index is 13.5. The van der Waals surface area contributed by atoms with Crippen molar-refractivity contribution in [2.45, 2.75) is 57.8 Å². The minimum Gasteiger partial charge on any atom is -0.444 e. The Kier molecular flexibility index (Phi) is 4.66. The number of nitrogens with zero attached hydrogens (tertiary/aromatic N) is 1. The molecule has 1 aliphatic rings. The molecule has 1 fully saturated rings. The first kappa shape index (κ1) is 17.7. The number of benzene rings is 1. The molecule has 0 aliphatic carbocycles. The van der Waals surface area contributed by atoms with Crippen LogP contribution in [0.3, 0.4) is 0 Å². The van der Waals surface area contributed by atoms with Crippen LogP contribution < -0.4 is 0 Å². The van der Waals surface area contributed by atoms with E-state index in [4.69, 9.17) is 4.74 Å². The molecule has 0 saturated carbocycles. The Bertz CT molecular complexity index is 576. The summed E-state index contributed by atoms with van der Waals surface area (Å²) in [4.78, 5) is 13.8. The van der Waals surface area contributed by atoms with Crippen LogP contribution in [0.1, 0.15) is 46.1 Å². The van der Waals surface area contributed by atoms with E-state index in [9.17, 15) is 18.7 Å². The zero-order valence-corrected chi connectivity index (χ0v) is 13.9. The van der Waals surface area contributed by atoms with E-state index in [0.717, 1.165) is 18.2 Å². The maximum absolute atomic E-state index is 13.5. The molecule has 1 amide bonds. The van der Waals surface area contributed by atoms with Crippen LogP contribution in [0.4, 0.5) is 13.6 Å². The SMILES string of the molecule is CC(C)(C)OC(=O)N1CCC[C@H]1[C@](C)(O)c1cc(F)cc(F)c1. The number of hydrogen-bond donors (Lipinski definition) is 1. The Morgan fingerprint density at radius 3 is 2.30 bits per heavy atom. The van der Waals surface area contributed by atoms with Crippen molar-refractivity contribution in [3.63, 3.8) is 0 Å². The van der Waals surface area contributed by atoms with Crippen molar-refractivity contribution in [2.75, 3.05) is 6.54 Å². The number of ether oxygens (including phenoxy) is 1. The van der Waals surface area contributed by atoms with Gasteiger partial charge in [-0.15, -0.1) is 0 Å². The Labute approximate surface area is 135 Å². The molecule has 23 heavy (non-hydrogen) atoms. The van der Waals surface area contributed by atoms with Gasteiger partial charge in [0.05, 0.1) is 6.04 Å². The predicted octanol–water partition coefficient (Wildman–Crippen LogP) is 3.57. The molecule has 2 atom stereocenters. The molecule has 1 aromatic rings. The molecule has 4 nitrogen and oxygen atoms in total. The second-order valence-electron chi connectivity index (χ2n) is 7.14. The van der Waals surface area contributed by atoms with Crippen molar-refractivity contribution in [1.29, 1.82) is 0 Å². The highest BCUT2D eigenvalue weighted by Crippen LogP contribution is 2.36. The first-order chi connectivity index (χ1) is 10.5. The highest BCUT2D eigenvalue weighted by molar-refractivity contribution is 5.69. The van der Waals surface area contributed by atoms with Crippen LogP contribution in [0, 0.1) is 11.6 Å². The van der Waals surface area contributed by atoms with Crippen molar-refractivity contribution in [3.05, 3.63) is 35.4 Å². The van der Waals surface area contributed by atoms with E-state index >= 15 is 0 Å². The highest BCUT2D eigenvalue weighted by atomic mass is 19.1. The van der Waals surface area contributed by atoms with E-state index in [1.807, 2.05) is 0 Å². The average Bonchev–Trinajstić information content (AvgIpc) is 2.85. The van der Waals surface area contributed by atoms with Crippen molar-refractivity contribution in [2.24, 2.45) is 0 Å². The second kappa shape index (κ2) is 6.07. The third-order valence-electron chi connectivity index (χ3n) is 3.98. The molecule has 0 spiro atoms. The normalized spacial score (nSPS) is 21.2. The number of halogens is 2. The lowest BCUT2D eigenvalue weighted by molar-refractivity contribution is -0.0372. The fourth-order valence-electron chi connectivity index (χ4n) is 2.93. The molecule has 128 valence electrons. The summed E-state index contributed by atoms with van der Waals surface area (Å²) in [6, 6.07) is 2.34. The van der Waals surface area contributed by atoms with Gasteiger partial charge in [-0.1, -0.05) is 0 Å². The van der Waals surface area contributed by atoms with E-state index in [-0.39, 0.29) is 5.56 Å². The molecule has 1 N–H and O–H groups in total. The molecule has 0 radical (unpaired) electrons. The number of carbonyl (C=O) groups is 1. The molecule has 0 bridgehead atoms. The van der Waals surface area contributed by atoms with Crippen LogP contribution in [0.5, 0.6) is 0 Å². The topological polar surface area (TPSA) is 49.8 Å². The predicted molar refractivity (Wildman–Crippen MR) is 81.9 cm³/mol. The minimum atomic E-state index is -1.57. The fraction of sp³-hybridized carbons (Fsp3) is 0.588. The van der Waals surface area contributed by atoms with Crippen molar-refractivity contribution in [1.82, 2.24) is 4.90 Å². The van der Waals surface area contributed by atoms with Gasteiger partial charge in [-0.2, -0.15) is 0 Å². The van der Waals surface area contributed by atoms with Gasteiger partial charge in [0.2, 0.25) is 0 Å². The number of aliphatic hydroxyl groups is 1. The van der Waals surface area contributed by atoms with E-state index < -0.39 is 35.0 Å². The Morgan fingerprint density at radius 1 is 1.22 bits per heavy atom. The van der Waals surface area contributed by atoms with E-state index in [1.54, 1.807) is 20.8 Å². The first-order valence-electron chi connectivity index (χ1n) is 7.69. The van der Waals surface area contributed by atoms with Gasteiger partial charge in [0.15, 0.2) is 0 Å². The van der Waals surface area contributed by atoms with E-state index in [1.165, 1.54) is 11.8 Å². The van der Waals surface area contributed by atoms with Gasteiger partial charge in [0, 0.05) is 12.6 Å². The van der Waals surface area contributed by atoms with Crippen molar-refractivity contribution in [3.8, 4) is 0 Å². The Hall–Kier alpha value is -1.69. The lowest BCUT2D eigenvalue weighted by atomic mass is 9.86. The Morgan fingerprint density at radius 2 is 1.78 bits per heavy atom.